The summed E-state index contributed by atoms with van der Waals surface area (Å²) in [7, 11) is 0. The van der Waals surface area contributed by atoms with Crippen LogP contribution in [0.1, 0.15) is 56.7 Å². The minimum Gasteiger partial charge on any atom is -0.474 e. The van der Waals surface area contributed by atoms with Crippen molar-refractivity contribution in [3.8, 4) is 11.6 Å². The molecule has 0 radical (unpaired) electrons. The Morgan fingerprint density at radius 2 is 1.86 bits per heavy atom. The molecule has 1 aromatic heterocycles. The molecule has 1 unspecified atom stereocenters. The maximum Gasteiger partial charge on any atom is 0.336 e. The van der Waals surface area contributed by atoms with E-state index in [0.29, 0.717) is 31.1 Å². The van der Waals surface area contributed by atoms with E-state index in [1.807, 2.05) is 0 Å². The highest BCUT2D eigenvalue weighted by Crippen LogP contribution is 2.41. The van der Waals surface area contributed by atoms with Gasteiger partial charge in [0.1, 0.15) is 11.8 Å². The maximum absolute atomic E-state index is 12.0. The molecular weight excluding hydrogens is 362 g/mol. The predicted octanol–water partition coefficient (Wildman–Crippen LogP) is 2.38. The van der Waals surface area contributed by atoms with Crippen molar-refractivity contribution in [1.82, 2.24) is 14.7 Å². The second-order valence-corrected chi connectivity index (χ2v) is 7.52. The Kier molecular flexibility index (Phi) is 5.95. The molecule has 3 aliphatic rings. The molecule has 8 heteroatoms. The molecular formula is C20H27N3O5. The first-order valence-corrected chi connectivity index (χ1v) is 10.3. The number of nitrogens with zero attached hydrogens (tertiary/aromatic N) is 3. The number of likely N-dealkylation sites (tertiary alicyclic amines) is 1. The van der Waals surface area contributed by atoms with E-state index in [0.717, 1.165) is 38.0 Å². The van der Waals surface area contributed by atoms with Gasteiger partial charge in [-0.3, -0.25) is 4.68 Å². The van der Waals surface area contributed by atoms with Gasteiger partial charge in [0.15, 0.2) is 0 Å². The molecule has 0 saturated carbocycles. The van der Waals surface area contributed by atoms with E-state index in [-0.39, 0.29) is 5.75 Å². The SMILES string of the molecule is O=C1/C=C\C(=O)OC2CCCn3nc(OCCCCN4CCCCC4)c(c32)O1. The molecule has 152 valence electrons. The van der Waals surface area contributed by atoms with Gasteiger partial charge in [-0.05, 0) is 58.2 Å². The zero-order valence-corrected chi connectivity index (χ0v) is 16.1. The average Bonchev–Trinajstić information content (AvgIpc) is 3.07. The molecule has 1 fully saturated rings. The van der Waals surface area contributed by atoms with Crippen molar-refractivity contribution in [3.63, 3.8) is 0 Å². The monoisotopic (exact) mass is 389 g/mol. The number of hydrogen-bond donors (Lipinski definition) is 0. The van der Waals surface area contributed by atoms with E-state index < -0.39 is 18.0 Å². The van der Waals surface area contributed by atoms with Crippen molar-refractivity contribution in [2.24, 2.45) is 0 Å². The van der Waals surface area contributed by atoms with Crippen LogP contribution in [0.4, 0.5) is 0 Å². The number of piperidine rings is 1. The lowest BCUT2D eigenvalue weighted by atomic mass is 10.1. The maximum atomic E-state index is 12.0. The number of rotatable bonds is 6. The van der Waals surface area contributed by atoms with Crippen molar-refractivity contribution in [3.05, 3.63) is 17.8 Å². The summed E-state index contributed by atoms with van der Waals surface area (Å²) in [5.74, 6) is -0.594. The first kappa shape index (κ1) is 19.0. The van der Waals surface area contributed by atoms with Gasteiger partial charge in [0, 0.05) is 18.7 Å². The van der Waals surface area contributed by atoms with E-state index in [9.17, 15) is 9.59 Å². The van der Waals surface area contributed by atoms with Crippen LogP contribution in [-0.4, -0.2) is 52.9 Å². The van der Waals surface area contributed by atoms with Gasteiger partial charge in [-0.25, -0.2) is 9.59 Å². The van der Waals surface area contributed by atoms with Crippen molar-refractivity contribution in [1.29, 1.82) is 0 Å². The third kappa shape index (κ3) is 4.38. The number of hydrogen-bond acceptors (Lipinski definition) is 7. The van der Waals surface area contributed by atoms with Gasteiger partial charge in [0.25, 0.3) is 5.88 Å². The molecule has 0 aliphatic carbocycles. The molecule has 0 spiro atoms. The van der Waals surface area contributed by atoms with Crippen molar-refractivity contribution < 1.29 is 23.8 Å². The summed E-state index contributed by atoms with van der Waals surface area (Å²) in [4.78, 5) is 26.4. The molecule has 0 aromatic carbocycles. The predicted molar refractivity (Wildman–Crippen MR) is 100 cm³/mol. The Morgan fingerprint density at radius 3 is 2.71 bits per heavy atom. The standard InChI is InChI=1S/C20H27N3O5/c24-16-8-9-17(25)28-19-18-15(27-16)7-6-13-23(18)21-20(19)26-14-5-4-12-22-10-2-1-3-11-22/h8-9,15H,1-7,10-14H2/b9-8-. The zero-order valence-electron chi connectivity index (χ0n) is 16.1. The van der Waals surface area contributed by atoms with Crippen LogP contribution in [-0.2, 0) is 20.9 Å². The first-order valence-electron chi connectivity index (χ1n) is 10.3. The van der Waals surface area contributed by atoms with Gasteiger partial charge < -0.3 is 19.1 Å². The van der Waals surface area contributed by atoms with Crippen LogP contribution in [0.3, 0.4) is 0 Å². The van der Waals surface area contributed by atoms with Gasteiger partial charge in [0.05, 0.1) is 6.61 Å². The number of aromatic nitrogens is 2. The number of carbonyl (C=O) groups excluding carboxylic acids is 2. The summed E-state index contributed by atoms with van der Waals surface area (Å²) in [5.41, 5.74) is 0.611. The van der Waals surface area contributed by atoms with E-state index in [2.05, 4.69) is 10.00 Å². The van der Waals surface area contributed by atoms with Crippen LogP contribution in [0, 0.1) is 0 Å². The van der Waals surface area contributed by atoms with Crippen molar-refractivity contribution in [2.75, 3.05) is 26.2 Å². The van der Waals surface area contributed by atoms with Crippen molar-refractivity contribution >= 4 is 11.9 Å². The first-order chi connectivity index (χ1) is 13.7. The summed E-state index contributed by atoms with van der Waals surface area (Å²) in [5, 5.41) is 4.46. The topological polar surface area (TPSA) is 82.9 Å². The lowest BCUT2D eigenvalue weighted by Gasteiger charge is -2.26. The minimum absolute atomic E-state index is 0.282. The van der Waals surface area contributed by atoms with E-state index in [1.54, 1.807) is 4.68 Å². The van der Waals surface area contributed by atoms with Crippen LogP contribution >= 0.6 is 0 Å². The highest BCUT2D eigenvalue weighted by molar-refractivity contribution is 5.93. The molecule has 1 atom stereocenters. The second-order valence-electron chi connectivity index (χ2n) is 7.52. The Balaban J connectivity index is 1.40. The van der Waals surface area contributed by atoms with Crippen LogP contribution < -0.4 is 9.47 Å². The summed E-state index contributed by atoms with van der Waals surface area (Å²) < 4.78 is 18.5. The lowest BCUT2D eigenvalue weighted by molar-refractivity contribution is -0.144. The zero-order chi connectivity index (χ0) is 19.3. The molecule has 0 amide bonds. The molecule has 0 bridgehead atoms. The van der Waals surface area contributed by atoms with Gasteiger partial charge >= 0.3 is 11.9 Å². The molecule has 1 aromatic rings. The highest BCUT2D eigenvalue weighted by atomic mass is 16.6. The van der Waals surface area contributed by atoms with Gasteiger partial charge in [-0.2, -0.15) is 0 Å². The van der Waals surface area contributed by atoms with E-state index in [4.69, 9.17) is 14.2 Å². The average molecular weight is 389 g/mol. The molecule has 8 nitrogen and oxygen atoms in total. The van der Waals surface area contributed by atoms with Crippen LogP contribution in [0.15, 0.2) is 12.2 Å². The summed E-state index contributed by atoms with van der Waals surface area (Å²) in [6.07, 6.45) is 9.11. The molecule has 3 aliphatic heterocycles. The van der Waals surface area contributed by atoms with Gasteiger partial charge in [0.2, 0.25) is 5.75 Å². The molecule has 4 heterocycles. The highest BCUT2D eigenvalue weighted by Gasteiger charge is 2.34. The Morgan fingerprint density at radius 1 is 1.04 bits per heavy atom. The van der Waals surface area contributed by atoms with E-state index >= 15 is 0 Å². The van der Waals surface area contributed by atoms with Gasteiger partial charge in [-0.1, -0.05) is 6.42 Å². The van der Waals surface area contributed by atoms with Crippen LogP contribution in [0.25, 0.3) is 0 Å². The number of esters is 2. The number of aryl methyl sites for hydroxylation is 1. The number of unbranched alkanes of at least 4 members (excludes halogenated alkanes) is 1. The fourth-order valence-corrected chi connectivity index (χ4v) is 4.03. The Bertz CT molecular complexity index is 751. The summed E-state index contributed by atoms with van der Waals surface area (Å²) in [6, 6.07) is 0. The quantitative estimate of drug-likeness (QED) is 0.546. The summed E-state index contributed by atoms with van der Waals surface area (Å²) in [6.45, 7) is 4.67. The van der Waals surface area contributed by atoms with Gasteiger partial charge in [-0.15, -0.1) is 5.10 Å². The molecule has 0 N–H and O–H groups in total. The number of carbonyl (C=O) groups is 2. The molecule has 28 heavy (non-hydrogen) atoms. The van der Waals surface area contributed by atoms with Crippen LogP contribution in [0.2, 0.25) is 0 Å². The van der Waals surface area contributed by atoms with Crippen molar-refractivity contribution in [2.45, 2.75) is 57.6 Å². The van der Waals surface area contributed by atoms with E-state index in [1.165, 1.54) is 32.4 Å². The molecule has 1 saturated heterocycles. The van der Waals surface area contributed by atoms with Crippen LogP contribution in [0.5, 0.6) is 11.6 Å². The third-order valence-electron chi connectivity index (χ3n) is 5.43. The fraction of sp³-hybridized carbons (Fsp3) is 0.650. The Hall–Kier alpha value is -2.35. The second kappa shape index (κ2) is 8.77. The minimum atomic E-state index is -0.631. The smallest absolute Gasteiger partial charge is 0.336 e. The third-order valence-corrected chi connectivity index (χ3v) is 5.43. The number of ether oxygens (including phenoxy) is 3. The largest absolute Gasteiger partial charge is 0.474 e. The summed E-state index contributed by atoms with van der Waals surface area (Å²) >= 11 is 0. The lowest BCUT2D eigenvalue weighted by Crippen LogP contribution is -2.30. The Labute approximate surface area is 164 Å². The fourth-order valence-electron chi connectivity index (χ4n) is 4.03. The normalized spacial score (nSPS) is 23.6. The molecule has 4 rings (SSSR count).